The third kappa shape index (κ3) is 4.62. The number of nitrogens with zero attached hydrogens (tertiary/aromatic N) is 4. The van der Waals surface area contributed by atoms with Crippen LogP contribution >= 0.6 is 7.14 Å². The zero-order valence-corrected chi connectivity index (χ0v) is 20.3. The first-order valence-electron chi connectivity index (χ1n) is 10.6. The van der Waals surface area contributed by atoms with Crippen molar-refractivity contribution < 1.29 is 17.7 Å². The number of rotatable bonds is 5. The highest BCUT2D eigenvalue weighted by Gasteiger charge is 2.22. The van der Waals surface area contributed by atoms with Crippen LogP contribution in [0.5, 0.6) is 0 Å². The van der Waals surface area contributed by atoms with Crippen molar-refractivity contribution in [2.75, 3.05) is 18.6 Å². The second kappa shape index (κ2) is 9.12. The highest BCUT2D eigenvalue weighted by molar-refractivity contribution is 7.69. The summed E-state index contributed by atoms with van der Waals surface area (Å²) in [6, 6.07) is 9.49. The number of hydrogen-bond donors (Lipinski definition) is 1. The molecule has 0 aliphatic carbocycles. The maximum atomic E-state index is 15.0. The smallest absolute Gasteiger partial charge is 0.164 e. The molecule has 0 spiro atoms. The van der Waals surface area contributed by atoms with Gasteiger partial charge in [0.1, 0.15) is 24.4 Å². The molecule has 1 atom stereocenters. The Kier molecular flexibility index (Phi) is 6.35. The Morgan fingerprint density at radius 1 is 1.09 bits per heavy atom. The molecule has 0 radical (unpaired) electrons. The van der Waals surface area contributed by atoms with Crippen LogP contribution in [0, 0.1) is 35.7 Å². The monoisotopic (exact) mass is 495 g/mol. The van der Waals surface area contributed by atoms with Crippen LogP contribution in [0.3, 0.4) is 0 Å². The molecule has 0 saturated heterocycles. The molecule has 0 aliphatic heterocycles. The van der Waals surface area contributed by atoms with Crippen LogP contribution in [-0.2, 0) is 4.57 Å². The average molecular weight is 495 g/mol. The van der Waals surface area contributed by atoms with E-state index in [9.17, 15) is 18.6 Å². The third-order valence-corrected chi connectivity index (χ3v) is 6.95. The van der Waals surface area contributed by atoms with Crippen LogP contribution in [0.15, 0.2) is 42.6 Å². The Bertz CT molecular complexity index is 1540. The molecule has 0 amide bonds. The van der Waals surface area contributed by atoms with Gasteiger partial charge in [-0.05, 0) is 45.4 Å². The van der Waals surface area contributed by atoms with Gasteiger partial charge >= 0.3 is 0 Å². The van der Waals surface area contributed by atoms with Crippen molar-refractivity contribution in [3.8, 4) is 17.3 Å². The minimum Gasteiger partial charge on any atom is -0.375 e. The number of aromatic nitrogens is 3. The van der Waals surface area contributed by atoms with Crippen molar-refractivity contribution in [3.63, 3.8) is 0 Å². The number of nitrogens with one attached hydrogen (secondary N) is 1. The van der Waals surface area contributed by atoms with Crippen molar-refractivity contribution in [2.45, 2.75) is 19.9 Å². The lowest BCUT2D eigenvalue weighted by Gasteiger charge is -2.20. The van der Waals surface area contributed by atoms with Crippen LogP contribution in [0.25, 0.3) is 22.3 Å². The maximum Gasteiger partial charge on any atom is 0.164 e. The molecule has 3 aromatic heterocycles. The zero-order valence-electron chi connectivity index (χ0n) is 19.4. The molecule has 0 bridgehead atoms. The molecule has 1 aromatic carbocycles. The van der Waals surface area contributed by atoms with E-state index in [4.69, 9.17) is 0 Å². The van der Waals surface area contributed by atoms with E-state index in [1.807, 2.05) is 0 Å². The zero-order chi connectivity index (χ0) is 25.5. The van der Waals surface area contributed by atoms with Crippen LogP contribution in [0.4, 0.5) is 18.9 Å². The third-order valence-electron chi connectivity index (χ3n) is 5.59. The summed E-state index contributed by atoms with van der Waals surface area (Å²) in [4.78, 5) is 12.9. The first kappa shape index (κ1) is 24.4. The number of benzene rings is 1. The van der Waals surface area contributed by atoms with Gasteiger partial charge in [0.05, 0.1) is 33.9 Å². The fourth-order valence-corrected chi connectivity index (χ4v) is 4.53. The Hall–Kier alpha value is -3.76. The second-order valence-corrected chi connectivity index (χ2v) is 11.7. The van der Waals surface area contributed by atoms with Crippen LogP contribution in [0.1, 0.15) is 29.8 Å². The van der Waals surface area contributed by atoms with Crippen molar-refractivity contribution in [1.82, 2.24) is 15.0 Å². The Balaban J connectivity index is 1.88. The van der Waals surface area contributed by atoms with Crippen LogP contribution in [-0.4, -0.2) is 28.3 Å². The average Bonchev–Trinajstić information content (AvgIpc) is 2.80. The van der Waals surface area contributed by atoms with Crippen molar-refractivity contribution in [2.24, 2.45) is 0 Å². The first-order chi connectivity index (χ1) is 16.5. The molecular formula is C25H21F3N5OP. The molecule has 10 heteroatoms. The molecule has 178 valence electrons. The molecule has 0 saturated carbocycles. The van der Waals surface area contributed by atoms with E-state index < -0.39 is 30.6 Å². The van der Waals surface area contributed by atoms with Gasteiger partial charge < -0.3 is 9.88 Å². The summed E-state index contributed by atoms with van der Waals surface area (Å²) in [6.07, 6.45) is 1.39. The quantitative estimate of drug-likeness (QED) is 0.357. The SMILES string of the molecule is Cc1nc2cc(F)c(-c3ccc(P(C)(C)=O)nc3)nc2c(N[C@H](C)c2cccc(F)c2F)c1C#N. The maximum absolute atomic E-state index is 15.0. The molecule has 1 N–H and O–H groups in total. The highest BCUT2D eigenvalue weighted by atomic mass is 31.2. The first-order valence-corrected chi connectivity index (χ1v) is 13.2. The fraction of sp³-hybridized carbons (Fsp3) is 0.200. The Morgan fingerprint density at radius 2 is 1.83 bits per heavy atom. The van der Waals surface area contributed by atoms with Crippen molar-refractivity contribution in [3.05, 3.63) is 76.9 Å². The van der Waals surface area contributed by atoms with Crippen LogP contribution in [0.2, 0.25) is 0 Å². The van der Waals surface area contributed by atoms with Gasteiger partial charge in [-0.3, -0.25) is 4.98 Å². The van der Waals surface area contributed by atoms with Gasteiger partial charge in [0.2, 0.25) is 0 Å². The van der Waals surface area contributed by atoms with Crippen molar-refractivity contribution in [1.29, 1.82) is 5.26 Å². The summed E-state index contributed by atoms with van der Waals surface area (Å²) in [5, 5.41) is 12.8. The standard InChI is InChI=1S/C25H21F3N5OP/c1-13(16-6-5-7-18(26)22(16)28)32-24-17(11-29)14(2)31-20-10-19(27)23(33-25(20)24)15-8-9-21(30-12-15)35(3,4)34/h5-10,12-13H,1-4H3,(H,31,32)/t13-/m1/s1. The number of anilines is 1. The number of nitriles is 1. The van der Waals surface area contributed by atoms with E-state index in [2.05, 4.69) is 26.3 Å². The largest absolute Gasteiger partial charge is 0.375 e. The van der Waals surface area contributed by atoms with Gasteiger partial charge in [0.15, 0.2) is 17.5 Å². The van der Waals surface area contributed by atoms with E-state index in [0.29, 0.717) is 16.7 Å². The van der Waals surface area contributed by atoms with E-state index in [0.717, 1.165) is 6.07 Å². The van der Waals surface area contributed by atoms with E-state index in [1.165, 1.54) is 24.4 Å². The normalized spacial score (nSPS) is 12.4. The van der Waals surface area contributed by atoms with E-state index in [-0.39, 0.29) is 33.5 Å². The summed E-state index contributed by atoms with van der Waals surface area (Å²) in [6.45, 7) is 6.38. The molecule has 6 nitrogen and oxygen atoms in total. The molecule has 3 heterocycles. The number of hydrogen-bond acceptors (Lipinski definition) is 6. The molecule has 4 aromatic rings. The van der Waals surface area contributed by atoms with Gasteiger partial charge in [0, 0.05) is 23.4 Å². The summed E-state index contributed by atoms with van der Waals surface area (Å²) in [5.74, 6) is -2.65. The second-order valence-electron chi connectivity index (χ2n) is 8.51. The lowest BCUT2D eigenvalue weighted by molar-refractivity contribution is 0.495. The molecule has 35 heavy (non-hydrogen) atoms. The summed E-state index contributed by atoms with van der Waals surface area (Å²) in [7, 11) is -2.60. The minimum atomic E-state index is -2.60. The van der Waals surface area contributed by atoms with Gasteiger partial charge in [-0.2, -0.15) is 5.26 Å². The lowest BCUT2D eigenvalue weighted by atomic mass is 10.0. The summed E-state index contributed by atoms with van der Waals surface area (Å²) >= 11 is 0. The Labute approximate surface area is 200 Å². The van der Waals surface area contributed by atoms with E-state index in [1.54, 1.807) is 39.3 Å². The van der Waals surface area contributed by atoms with Gasteiger partial charge in [-0.1, -0.05) is 12.1 Å². The molecule has 0 aliphatic rings. The van der Waals surface area contributed by atoms with Crippen LogP contribution < -0.4 is 10.8 Å². The fourth-order valence-electron chi connectivity index (χ4n) is 3.76. The van der Waals surface area contributed by atoms with Gasteiger partial charge in [-0.15, -0.1) is 0 Å². The summed E-state index contributed by atoms with van der Waals surface area (Å²) in [5.41, 5.74) is 1.84. The molecular weight excluding hydrogens is 474 g/mol. The van der Waals surface area contributed by atoms with E-state index >= 15 is 4.39 Å². The predicted octanol–water partition coefficient (Wildman–Crippen LogP) is 5.71. The topological polar surface area (TPSA) is 91.6 Å². The molecule has 4 rings (SSSR count). The number of pyridine rings is 3. The Morgan fingerprint density at radius 3 is 2.46 bits per heavy atom. The van der Waals surface area contributed by atoms with Gasteiger partial charge in [0.25, 0.3) is 0 Å². The van der Waals surface area contributed by atoms with Crippen molar-refractivity contribution >= 4 is 29.3 Å². The number of halogens is 3. The minimum absolute atomic E-state index is 0.0410. The molecule has 0 fully saturated rings. The molecule has 0 unspecified atom stereocenters. The number of aryl methyl sites for hydroxylation is 1. The number of fused-ring (bicyclic) bond motifs is 1. The lowest BCUT2D eigenvalue weighted by Crippen LogP contribution is -2.13. The predicted molar refractivity (Wildman–Crippen MR) is 130 cm³/mol. The van der Waals surface area contributed by atoms with Gasteiger partial charge in [-0.25, -0.2) is 23.1 Å². The summed E-state index contributed by atoms with van der Waals surface area (Å²) < 4.78 is 55.5. The highest BCUT2D eigenvalue weighted by Crippen LogP contribution is 2.35.